The average Bonchev–Trinajstić information content (AvgIpc) is 3.51. The van der Waals surface area contributed by atoms with Crippen LogP contribution in [-0.4, -0.2) is 52.2 Å². The van der Waals surface area contributed by atoms with Gasteiger partial charge in [0.15, 0.2) is 11.6 Å². The number of carbonyl (C=O) groups is 3. The number of hydrogen-bond acceptors (Lipinski definition) is 6. The molecule has 0 radical (unpaired) electrons. The summed E-state index contributed by atoms with van der Waals surface area (Å²) in [6.45, 7) is 4.26. The first kappa shape index (κ1) is 25.0. The van der Waals surface area contributed by atoms with Crippen LogP contribution < -0.4 is 10.2 Å². The molecule has 2 amide bonds. The highest BCUT2D eigenvalue weighted by Gasteiger charge is 2.33. The molecule has 2 aromatic carbocycles. The maximum absolute atomic E-state index is 14.5. The van der Waals surface area contributed by atoms with Gasteiger partial charge in [0.2, 0.25) is 5.91 Å². The van der Waals surface area contributed by atoms with Crippen LogP contribution >= 0.6 is 0 Å². The standard InChI is InChI=1S/C26H28FN5O4/c1-3-4-17-5-7-20(16(2)11-17)23(33)9-10-24(34)28-13-19-14-32(26(35)36-19)18-6-8-21(22(27)12-18)25-29-15-30-31-25/h5-8,11-12,15,19H,3-4,9-10,13-14H2,1-2H3,(H,28,34)(H,29,30,31)/t19-/m0/s1. The number of rotatable bonds is 10. The summed E-state index contributed by atoms with van der Waals surface area (Å²) in [6.07, 6.45) is 2.18. The van der Waals surface area contributed by atoms with Crippen molar-refractivity contribution in [3.05, 3.63) is 65.2 Å². The van der Waals surface area contributed by atoms with Gasteiger partial charge in [-0.25, -0.2) is 14.2 Å². The van der Waals surface area contributed by atoms with E-state index in [1.165, 1.54) is 28.9 Å². The number of ether oxygens (including phenoxy) is 1. The van der Waals surface area contributed by atoms with Crippen LogP contribution in [-0.2, 0) is 16.0 Å². The molecule has 10 heteroatoms. The molecule has 0 saturated carbocycles. The third-order valence-corrected chi connectivity index (χ3v) is 6.04. The summed E-state index contributed by atoms with van der Waals surface area (Å²) in [4.78, 5) is 42.4. The van der Waals surface area contributed by atoms with Crippen molar-refractivity contribution in [3.63, 3.8) is 0 Å². The Morgan fingerprint density at radius 2 is 2.06 bits per heavy atom. The Labute approximate surface area is 208 Å². The Morgan fingerprint density at radius 3 is 2.75 bits per heavy atom. The van der Waals surface area contributed by atoms with E-state index in [-0.39, 0.29) is 49.0 Å². The number of Topliss-reactive ketones (excluding diaryl/α,β-unsaturated/α-hetero) is 1. The molecule has 0 unspecified atom stereocenters. The van der Waals surface area contributed by atoms with Gasteiger partial charge in [-0.1, -0.05) is 31.5 Å². The molecule has 36 heavy (non-hydrogen) atoms. The van der Waals surface area contributed by atoms with E-state index < -0.39 is 18.0 Å². The normalized spacial score (nSPS) is 15.1. The number of cyclic esters (lactones) is 1. The van der Waals surface area contributed by atoms with E-state index in [0.717, 1.165) is 18.4 Å². The van der Waals surface area contributed by atoms with Gasteiger partial charge in [-0.05, 0) is 42.7 Å². The minimum atomic E-state index is -0.627. The first-order chi connectivity index (χ1) is 17.4. The quantitative estimate of drug-likeness (QED) is 0.413. The Morgan fingerprint density at radius 1 is 1.22 bits per heavy atom. The number of aromatic nitrogens is 3. The number of benzene rings is 2. The molecule has 1 atom stereocenters. The van der Waals surface area contributed by atoms with Crippen LogP contribution in [0, 0.1) is 12.7 Å². The van der Waals surface area contributed by atoms with Crippen molar-refractivity contribution in [2.75, 3.05) is 18.0 Å². The molecular weight excluding hydrogens is 465 g/mol. The smallest absolute Gasteiger partial charge is 0.414 e. The molecule has 1 saturated heterocycles. The zero-order chi connectivity index (χ0) is 25.7. The predicted octanol–water partition coefficient (Wildman–Crippen LogP) is 3.98. The molecule has 9 nitrogen and oxygen atoms in total. The van der Waals surface area contributed by atoms with E-state index in [1.54, 1.807) is 6.07 Å². The van der Waals surface area contributed by atoms with Gasteiger partial charge in [-0.15, -0.1) is 0 Å². The molecule has 1 aromatic heterocycles. The minimum Gasteiger partial charge on any atom is -0.442 e. The average molecular weight is 494 g/mol. The second-order valence-corrected chi connectivity index (χ2v) is 8.74. The van der Waals surface area contributed by atoms with E-state index in [9.17, 15) is 18.8 Å². The van der Waals surface area contributed by atoms with Gasteiger partial charge in [0, 0.05) is 18.4 Å². The van der Waals surface area contributed by atoms with Gasteiger partial charge < -0.3 is 10.1 Å². The van der Waals surface area contributed by atoms with Crippen LogP contribution in [0.2, 0.25) is 0 Å². The van der Waals surface area contributed by atoms with Crippen LogP contribution in [0.15, 0.2) is 42.7 Å². The number of aryl methyl sites for hydroxylation is 2. The Bertz CT molecular complexity index is 1260. The molecule has 3 aromatic rings. The summed E-state index contributed by atoms with van der Waals surface area (Å²) in [6, 6.07) is 10.1. The molecule has 0 bridgehead atoms. The molecule has 0 spiro atoms. The summed E-state index contributed by atoms with van der Waals surface area (Å²) in [5.74, 6) is -0.667. The maximum atomic E-state index is 14.5. The lowest BCUT2D eigenvalue weighted by atomic mass is 9.97. The topological polar surface area (TPSA) is 117 Å². The lowest BCUT2D eigenvalue weighted by Crippen LogP contribution is -2.34. The lowest BCUT2D eigenvalue weighted by molar-refractivity contribution is -0.121. The molecule has 0 aliphatic carbocycles. The highest BCUT2D eigenvalue weighted by molar-refractivity contribution is 5.99. The SMILES string of the molecule is CCCc1ccc(C(=O)CCC(=O)NC[C@H]2CN(c3ccc(-c4ncn[nH]4)c(F)c3)C(=O)O2)c(C)c1. The summed E-state index contributed by atoms with van der Waals surface area (Å²) in [7, 11) is 0. The third kappa shape index (κ3) is 5.76. The van der Waals surface area contributed by atoms with E-state index in [1.807, 2.05) is 25.1 Å². The van der Waals surface area contributed by atoms with Gasteiger partial charge in [0.1, 0.15) is 18.2 Å². The number of carbonyl (C=O) groups excluding carboxylic acids is 3. The van der Waals surface area contributed by atoms with Gasteiger partial charge in [-0.3, -0.25) is 19.6 Å². The molecule has 1 fully saturated rings. The highest BCUT2D eigenvalue weighted by Crippen LogP contribution is 2.27. The largest absolute Gasteiger partial charge is 0.442 e. The number of nitrogens with one attached hydrogen (secondary N) is 2. The van der Waals surface area contributed by atoms with Crippen molar-refractivity contribution in [3.8, 4) is 11.4 Å². The molecule has 2 heterocycles. The highest BCUT2D eigenvalue weighted by atomic mass is 19.1. The minimum absolute atomic E-state index is 0.0354. The summed E-state index contributed by atoms with van der Waals surface area (Å²) >= 11 is 0. The molecule has 2 N–H and O–H groups in total. The van der Waals surface area contributed by atoms with Gasteiger partial charge in [-0.2, -0.15) is 5.10 Å². The fourth-order valence-electron chi connectivity index (χ4n) is 4.20. The monoisotopic (exact) mass is 493 g/mol. The van der Waals surface area contributed by atoms with Crippen molar-refractivity contribution in [2.24, 2.45) is 0 Å². The van der Waals surface area contributed by atoms with Crippen molar-refractivity contribution in [2.45, 2.75) is 45.6 Å². The van der Waals surface area contributed by atoms with Gasteiger partial charge >= 0.3 is 6.09 Å². The Hall–Kier alpha value is -4.08. The van der Waals surface area contributed by atoms with Crippen LogP contribution in [0.5, 0.6) is 0 Å². The molecular formula is C26H28FN5O4. The van der Waals surface area contributed by atoms with E-state index in [0.29, 0.717) is 11.3 Å². The fraction of sp³-hybridized carbons (Fsp3) is 0.346. The second-order valence-electron chi connectivity index (χ2n) is 8.74. The predicted molar refractivity (Wildman–Crippen MR) is 131 cm³/mol. The lowest BCUT2D eigenvalue weighted by Gasteiger charge is -2.14. The van der Waals surface area contributed by atoms with Crippen LogP contribution in [0.3, 0.4) is 0 Å². The van der Waals surface area contributed by atoms with Crippen molar-refractivity contribution < 1.29 is 23.5 Å². The number of halogens is 1. The van der Waals surface area contributed by atoms with Crippen molar-refractivity contribution in [1.29, 1.82) is 0 Å². The number of hydrogen-bond donors (Lipinski definition) is 2. The number of amides is 2. The van der Waals surface area contributed by atoms with Gasteiger partial charge in [0.05, 0.1) is 24.3 Å². The van der Waals surface area contributed by atoms with Crippen LogP contribution in [0.1, 0.15) is 47.7 Å². The summed E-state index contributed by atoms with van der Waals surface area (Å²) in [5.41, 5.74) is 3.30. The van der Waals surface area contributed by atoms with Gasteiger partial charge in [0.25, 0.3) is 0 Å². The zero-order valence-electron chi connectivity index (χ0n) is 20.2. The first-order valence-corrected chi connectivity index (χ1v) is 11.9. The molecule has 1 aliphatic heterocycles. The molecule has 1 aliphatic rings. The third-order valence-electron chi connectivity index (χ3n) is 6.04. The Kier molecular flexibility index (Phi) is 7.72. The zero-order valence-corrected chi connectivity index (χ0v) is 20.2. The maximum Gasteiger partial charge on any atom is 0.414 e. The number of ketones is 1. The van der Waals surface area contributed by atoms with Crippen molar-refractivity contribution in [1.82, 2.24) is 20.5 Å². The number of H-pyrrole nitrogens is 1. The number of nitrogens with zero attached hydrogens (tertiary/aromatic N) is 3. The van der Waals surface area contributed by atoms with Crippen molar-refractivity contribution >= 4 is 23.5 Å². The molecule has 188 valence electrons. The van der Waals surface area contributed by atoms with Crippen LogP contribution in [0.25, 0.3) is 11.4 Å². The van der Waals surface area contributed by atoms with E-state index >= 15 is 0 Å². The summed E-state index contributed by atoms with van der Waals surface area (Å²) < 4.78 is 19.9. The van der Waals surface area contributed by atoms with E-state index in [4.69, 9.17) is 4.74 Å². The van der Waals surface area contributed by atoms with E-state index in [2.05, 4.69) is 27.4 Å². The summed E-state index contributed by atoms with van der Waals surface area (Å²) in [5, 5.41) is 9.02. The fourth-order valence-corrected chi connectivity index (χ4v) is 4.20. The second kappa shape index (κ2) is 11.1. The Balaban J connectivity index is 1.26. The number of anilines is 1. The van der Waals surface area contributed by atoms with Crippen LogP contribution in [0.4, 0.5) is 14.9 Å². The molecule has 4 rings (SSSR count). The number of aromatic amines is 1. The first-order valence-electron chi connectivity index (χ1n) is 11.9.